The Kier molecular flexibility index (Phi) is 5.21. The topological polar surface area (TPSA) is 89.9 Å². The molecule has 2 aliphatic rings. The quantitative estimate of drug-likeness (QED) is 0.807. The Hall–Kier alpha value is -1.45. The van der Waals surface area contributed by atoms with Crippen LogP contribution in [0, 0.1) is 0 Å². The smallest absolute Gasteiger partial charge is 0.227 e. The van der Waals surface area contributed by atoms with Crippen molar-refractivity contribution in [3.63, 3.8) is 0 Å². The molecule has 1 aromatic rings. The number of β-amino-alcohol motifs (C(OH)–C–C–N with tert-alkyl or cyclic N) is 1. The molecular formula is C15H25N5O3S. The third-order valence-corrected chi connectivity index (χ3v) is 6.51. The lowest BCUT2D eigenvalue weighted by molar-refractivity contribution is 0.154. The molecule has 0 saturated carbocycles. The molecule has 0 spiro atoms. The second-order valence-corrected chi connectivity index (χ2v) is 8.50. The molecule has 134 valence electrons. The first kappa shape index (κ1) is 17.4. The number of piperazine rings is 1. The number of hydrogen-bond donors (Lipinski definition) is 1. The largest absolute Gasteiger partial charge is 0.391 e. The number of aliphatic hydroxyl groups is 1. The molecule has 0 bridgehead atoms. The van der Waals surface area contributed by atoms with E-state index >= 15 is 0 Å². The first-order valence-electron chi connectivity index (χ1n) is 8.48. The third-order valence-electron chi connectivity index (χ3n) is 4.63. The fourth-order valence-electron chi connectivity index (χ4n) is 3.18. The van der Waals surface area contributed by atoms with Gasteiger partial charge in [-0.15, -0.1) is 0 Å². The average Bonchev–Trinajstić information content (AvgIpc) is 2.62. The molecule has 8 nitrogen and oxygen atoms in total. The molecule has 0 amide bonds. The van der Waals surface area contributed by atoms with Gasteiger partial charge in [0.05, 0.1) is 11.9 Å². The van der Waals surface area contributed by atoms with E-state index in [0.29, 0.717) is 38.7 Å². The van der Waals surface area contributed by atoms with Crippen LogP contribution < -0.4 is 9.80 Å². The summed E-state index contributed by atoms with van der Waals surface area (Å²) in [7, 11) is -3.13. The molecule has 24 heavy (non-hydrogen) atoms. The molecule has 1 unspecified atom stereocenters. The average molecular weight is 355 g/mol. The second kappa shape index (κ2) is 7.20. The molecule has 0 aromatic carbocycles. The standard InChI is InChI=1S/C15H25N5O3S/c1-2-24(22,23)20-10-8-18(9-11-20)15-16-6-5-14(17-15)19-7-3-4-13(21)12-19/h5-6,13,21H,2-4,7-12H2,1H3. The van der Waals surface area contributed by atoms with Crippen LogP contribution >= 0.6 is 0 Å². The Labute approximate surface area is 143 Å². The minimum atomic E-state index is -3.13. The number of rotatable bonds is 4. The fraction of sp³-hybridized carbons (Fsp3) is 0.733. The molecule has 1 atom stereocenters. The van der Waals surface area contributed by atoms with Crippen molar-refractivity contribution in [1.82, 2.24) is 14.3 Å². The maximum Gasteiger partial charge on any atom is 0.227 e. The molecule has 0 radical (unpaired) electrons. The summed E-state index contributed by atoms with van der Waals surface area (Å²) in [5, 5.41) is 9.83. The maximum atomic E-state index is 11.9. The summed E-state index contributed by atoms with van der Waals surface area (Å²) in [4.78, 5) is 13.1. The van der Waals surface area contributed by atoms with Crippen LogP contribution in [0.2, 0.25) is 0 Å². The van der Waals surface area contributed by atoms with Crippen LogP contribution in [0.4, 0.5) is 11.8 Å². The highest BCUT2D eigenvalue weighted by molar-refractivity contribution is 7.89. The van der Waals surface area contributed by atoms with Crippen LogP contribution in [0.5, 0.6) is 0 Å². The van der Waals surface area contributed by atoms with E-state index in [1.165, 1.54) is 4.31 Å². The Morgan fingerprint density at radius 2 is 1.96 bits per heavy atom. The molecule has 2 saturated heterocycles. The first-order valence-corrected chi connectivity index (χ1v) is 10.1. The van der Waals surface area contributed by atoms with Gasteiger partial charge in [0.2, 0.25) is 16.0 Å². The van der Waals surface area contributed by atoms with Gasteiger partial charge >= 0.3 is 0 Å². The van der Waals surface area contributed by atoms with Gasteiger partial charge in [-0.1, -0.05) is 0 Å². The van der Waals surface area contributed by atoms with Crippen LogP contribution in [0.25, 0.3) is 0 Å². The molecule has 9 heteroatoms. The molecule has 3 heterocycles. The van der Waals surface area contributed by atoms with Gasteiger partial charge in [0.25, 0.3) is 0 Å². The molecular weight excluding hydrogens is 330 g/mol. The minimum Gasteiger partial charge on any atom is -0.391 e. The number of sulfonamides is 1. The van der Waals surface area contributed by atoms with E-state index in [4.69, 9.17) is 0 Å². The zero-order valence-corrected chi connectivity index (χ0v) is 14.8. The highest BCUT2D eigenvalue weighted by atomic mass is 32.2. The predicted molar refractivity (Wildman–Crippen MR) is 92.7 cm³/mol. The van der Waals surface area contributed by atoms with Crippen molar-refractivity contribution in [3.8, 4) is 0 Å². The third kappa shape index (κ3) is 3.79. The number of aromatic nitrogens is 2. The highest BCUT2D eigenvalue weighted by Crippen LogP contribution is 2.21. The summed E-state index contributed by atoms with van der Waals surface area (Å²) < 4.78 is 25.4. The molecule has 3 rings (SSSR count). The van der Waals surface area contributed by atoms with Crippen LogP contribution in [-0.4, -0.2) is 78.9 Å². The summed E-state index contributed by atoms with van der Waals surface area (Å²) in [5.74, 6) is 1.58. The number of anilines is 2. The molecule has 1 aromatic heterocycles. The van der Waals surface area contributed by atoms with Crippen molar-refractivity contribution in [2.45, 2.75) is 25.9 Å². The van der Waals surface area contributed by atoms with E-state index in [2.05, 4.69) is 14.9 Å². The maximum absolute atomic E-state index is 11.9. The Morgan fingerprint density at radius 1 is 1.21 bits per heavy atom. The number of nitrogens with zero attached hydrogens (tertiary/aromatic N) is 5. The van der Waals surface area contributed by atoms with E-state index in [0.717, 1.165) is 25.2 Å². The summed E-state index contributed by atoms with van der Waals surface area (Å²) in [6.07, 6.45) is 3.21. The van der Waals surface area contributed by atoms with Crippen LogP contribution in [0.1, 0.15) is 19.8 Å². The summed E-state index contributed by atoms with van der Waals surface area (Å²) in [5.41, 5.74) is 0. The predicted octanol–water partition coefficient (Wildman–Crippen LogP) is -0.0906. The van der Waals surface area contributed by atoms with Crippen LogP contribution in [-0.2, 0) is 10.0 Å². The lowest BCUT2D eigenvalue weighted by Crippen LogP contribution is -2.49. The normalized spacial score (nSPS) is 23.5. The second-order valence-electron chi connectivity index (χ2n) is 6.24. The van der Waals surface area contributed by atoms with Crippen molar-refractivity contribution in [3.05, 3.63) is 12.3 Å². The van der Waals surface area contributed by atoms with E-state index < -0.39 is 10.0 Å². The number of hydrogen-bond acceptors (Lipinski definition) is 7. The minimum absolute atomic E-state index is 0.135. The van der Waals surface area contributed by atoms with Gasteiger partial charge in [0.1, 0.15) is 5.82 Å². The zero-order valence-electron chi connectivity index (χ0n) is 14.0. The van der Waals surface area contributed by atoms with Crippen molar-refractivity contribution < 1.29 is 13.5 Å². The summed E-state index contributed by atoms with van der Waals surface area (Å²) >= 11 is 0. The Bertz CT molecular complexity index is 661. The van der Waals surface area contributed by atoms with Gasteiger partial charge in [-0.05, 0) is 25.8 Å². The fourth-order valence-corrected chi connectivity index (χ4v) is 4.26. The van der Waals surface area contributed by atoms with Crippen LogP contribution in [0.15, 0.2) is 12.3 Å². The van der Waals surface area contributed by atoms with E-state index in [1.807, 2.05) is 11.0 Å². The summed E-state index contributed by atoms with van der Waals surface area (Å²) in [6.45, 7) is 5.26. The van der Waals surface area contributed by atoms with Gasteiger partial charge in [0, 0.05) is 45.5 Å². The molecule has 2 aliphatic heterocycles. The monoisotopic (exact) mass is 355 g/mol. The number of aliphatic hydroxyl groups excluding tert-OH is 1. The van der Waals surface area contributed by atoms with E-state index in [-0.39, 0.29) is 11.9 Å². The Balaban J connectivity index is 1.67. The van der Waals surface area contributed by atoms with E-state index in [1.54, 1.807) is 13.1 Å². The van der Waals surface area contributed by atoms with Crippen molar-refractivity contribution in [2.75, 3.05) is 54.8 Å². The zero-order chi connectivity index (χ0) is 17.2. The van der Waals surface area contributed by atoms with E-state index in [9.17, 15) is 13.5 Å². The lowest BCUT2D eigenvalue weighted by Gasteiger charge is -2.35. The van der Waals surface area contributed by atoms with Gasteiger partial charge in [-0.25, -0.2) is 13.4 Å². The van der Waals surface area contributed by atoms with Gasteiger partial charge < -0.3 is 14.9 Å². The highest BCUT2D eigenvalue weighted by Gasteiger charge is 2.27. The first-order chi connectivity index (χ1) is 11.5. The van der Waals surface area contributed by atoms with Gasteiger partial charge in [-0.3, -0.25) is 0 Å². The lowest BCUT2D eigenvalue weighted by atomic mass is 10.1. The Morgan fingerprint density at radius 3 is 2.62 bits per heavy atom. The summed E-state index contributed by atoms with van der Waals surface area (Å²) in [6, 6.07) is 1.86. The van der Waals surface area contributed by atoms with Crippen LogP contribution in [0.3, 0.4) is 0 Å². The van der Waals surface area contributed by atoms with Gasteiger partial charge in [0.15, 0.2) is 0 Å². The molecule has 0 aliphatic carbocycles. The van der Waals surface area contributed by atoms with Crippen molar-refractivity contribution >= 4 is 21.8 Å². The van der Waals surface area contributed by atoms with Gasteiger partial charge in [-0.2, -0.15) is 9.29 Å². The number of piperidine rings is 1. The van der Waals surface area contributed by atoms with Crippen molar-refractivity contribution in [2.24, 2.45) is 0 Å². The molecule has 1 N–H and O–H groups in total. The van der Waals surface area contributed by atoms with Crippen molar-refractivity contribution in [1.29, 1.82) is 0 Å². The SMILES string of the molecule is CCS(=O)(=O)N1CCN(c2nccc(N3CCCC(O)C3)n2)CC1. The molecule has 2 fully saturated rings.